The summed E-state index contributed by atoms with van der Waals surface area (Å²) >= 11 is 0. The van der Waals surface area contributed by atoms with Gasteiger partial charge >= 0.3 is 5.97 Å². The average molecular weight is 335 g/mol. The van der Waals surface area contributed by atoms with E-state index in [2.05, 4.69) is 5.32 Å². The molecule has 24 heavy (non-hydrogen) atoms. The maximum Gasteiger partial charge on any atom is 0.346 e. The molecule has 0 radical (unpaired) electrons. The molecular formula is C18H22FNO4. The third-order valence-corrected chi connectivity index (χ3v) is 5.18. The molecule has 1 amide bonds. The fourth-order valence-electron chi connectivity index (χ4n) is 4.00. The predicted octanol–water partition coefficient (Wildman–Crippen LogP) is 2.60. The molecule has 0 aliphatic heterocycles. The SMILES string of the molecule is O=C(CC1CC2CCC1C2)NCC(Oc1ccc(F)cc1)C(=O)O. The first kappa shape index (κ1) is 16.7. The van der Waals surface area contributed by atoms with Gasteiger partial charge in [-0.05, 0) is 61.3 Å². The van der Waals surface area contributed by atoms with Crippen LogP contribution in [0.4, 0.5) is 4.39 Å². The van der Waals surface area contributed by atoms with E-state index in [-0.39, 0.29) is 18.2 Å². The minimum Gasteiger partial charge on any atom is -0.478 e. The Hall–Kier alpha value is -2.11. The molecule has 2 N–H and O–H groups in total. The van der Waals surface area contributed by atoms with Gasteiger partial charge in [0.25, 0.3) is 0 Å². The van der Waals surface area contributed by atoms with Crippen LogP contribution in [-0.4, -0.2) is 29.6 Å². The number of aliphatic carboxylic acids is 1. The molecule has 0 aromatic heterocycles. The molecule has 4 atom stereocenters. The van der Waals surface area contributed by atoms with Crippen LogP contribution in [0.2, 0.25) is 0 Å². The van der Waals surface area contributed by atoms with E-state index in [1.807, 2.05) is 0 Å². The first-order chi connectivity index (χ1) is 11.5. The first-order valence-corrected chi connectivity index (χ1v) is 8.43. The molecule has 2 fully saturated rings. The van der Waals surface area contributed by atoms with Crippen LogP contribution in [0.25, 0.3) is 0 Å². The molecular weight excluding hydrogens is 313 g/mol. The van der Waals surface area contributed by atoms with Gasteiger partial charge in [-0.15, -0.1) is 0 Å². The van der Waals surface area contributed by atoms with E-state index in [1.54, 1.807) is 0 Å². The molecule has 2 bridgehead atoms. The van der Waals surface area contributed by atoms with Gasteiger partial charge in [0, 0.05) is 6.42 Å². The number of hydrogen-bond donors (Lipinski definition) is 2. The van der Waals surface area contributed by atoms with Crippen molar-refractivity contribution in [2.45, 2.75) is 38.2 Å². The van der Waals surface area contributed by atoms with Crippen LogP contribution in [0.5, 0.6) is 5.75 Å². The number of carbonyl (C=O) groups excluding carboxylic acids is 1. The van der Waals surface area contributed by atoms with Gasteiger partial charge in [0.05, 0.1) is 6.54 Å². The summed E-state index contributed by atoms with van der Waals surface area (Å²) in [6.45, 7) is -0.105. The van der Waals surface area contributed by atoms with E-state index in [9.17, 15) is 19.1 Å². The lowest BCUT2D eigenvalue weighted by Crippen LogP contribution is -2.41. The Morgan fingerprint density at radius 3 is 2.58 bits per heavy atom. The fourth-order valence-corrected chi connectivity index (χ4v) is 4.00. The molecule has 5 nitrogen and oxygen atoms in total. The quantitative estimate of drug-likeness (QED) is 0.803. The summed E-state index contributed by atoms with van der Waals surface area (Å²) < 4.78 is 18.2. The van der Waals surface area contributed by atoms with Gasteiger partial charge < -0.3 is 15.2 Å². The number of carbonyl (C=O) groups is 2. The standard InChI is InChI=1S/C18H22FNO4/c19-14-3-5-15(6-4-14)24-16(18(22)23)10-20-17(21)9-13-8-11-1-2-12(13)7-11/h3-6,11-13,16H,1-2,7-10H2,(H,20,21)(H,22,23). The highest BCUT2D eigenvalue weighted by Crippen LogP contribution is 2.49. The molecule has 1 aromatic carbocycles. The second-order valence-corrected chi connectivity index (χ2v) is 6.84. The van der Waals surface area contributed by atoms with Crippen molar-refractivity contribution in [1.82, 2.24) is 5.32 Å². The van der Waals surface area contributed by atoms with Gasteiger partial charge in [-0.25, -0.2) is 9.18 Å². The van der Waals surface area contributed by atoms with E-state index in [0.717, 1.165) is 12.3 Å². The molecule has 1 aromatic rings. The van der Waals surface area contributed by atoms with Crippen molar-refractivity contribution in [3.8, 4) is 5.75 Å². The molecule has 2 aliphatic rings. The van der Waals surface area contributed by atoms with Crippen molar-refractivity contribution in [3.63, 3.8) is 0 Å². The van der Waals surface area contributed by atoms with Crippen LogP contribution in [0.1, 0.15) is 32.1 Å². The van der Waals surface area contributed by atoms with Crippen molar-refractivity contribution >= 4 is 11.9 Å². The number of hydrogen-bond acceptors (Lipinski definition) is 3. The van der Waals surface area contributed by atoms with E-state index in [4.69, 9.17) is 4.74 Å². The highest BCUT2D eigenvalue weighted by atomic mass is 19.1. The molecule has 2 aliphatic carbocycles. The molecule has 6 heteroatoms. The number of halogens is 1. The number of fused-ring (bicyclic) bond motifs is 2. The van der Waals surface area contributed by atoms with Crippen molar-refractivity contribution in [2.75, 3.05) is 6.54 Å². The zero-order valence-electron chi connectivity index (χ0n) is 13.4. The monoisotopic (exact) mass is 335 g/mol. The molecule has 0 spiro atoms. The summed E-state index contributed by atoms with van der Waals surface area (Å²) in [4.78, 5) is 23.4. The number of nitrogens with one attached hydrogen (secondary N) is 1. The van der Waals surface area contributed by atoms with Gasteiger partial charge in [0.1, 0.15) is 11.6 Å². The summed E-state index contributed by atoms with van der Waals surface area (Å²) in [7, 11) is 0. The number of ether oxygens (including phenoxy) is 1. The maximum atomic E-state index is 12.9. The lowest BCUT2D eigenvalue weighted by atomic mass is 9.86. The molecule has 0 saturated heterocycles. The largest absolute Gasteiger partial charge is 0.478 e. The van der Waals surface area contributed by atoms with Crippen LogP contribution in [0.15, 0.2) is 24.3 Å². The summed E-state index contributed by atoms with van der Waals surface area (Å²) in [5.41, 5.74) is 0. The first-order valence-electron chi connectivity index (χ1n) is 8.43. The number of carboxylic acids is 1. The zero-order chi connectivity index (χ0) is 17.1. The van der Waals surface area contributed by atoms with Gasteiger partial charge in [0.15, 0.2) is 0 Å². The Bertz CT molecular complexity index is 604. The number of benzene rings is 1. The molecule has 0 heterocycles. The van der Waals surface area contributed by atoms with Crippen LogP contribution in [-0.2, 0) is 9.59 Å². The number of carboxylic acid groups (broad SMARTS) is 1. The van der Waals surface area contributed by atoms with Crippen LogP contribution >= 0.6 is 0 Å². The van der Waals surface area contributed by atoms with Crippen LogP contribution < -0.4 is 10.1 Å². The van der Waals surface area contributed by atoms with E-state index in [1.165, 1.54) is 43.5 Å². The highest BCUT2D eigenvalue weighted by molar-refractivity contribution is 5.78. The van der Waals surface area contributed by atoms with Crippen LogP contribution in [0.3, 0.4) is 0 Å². The van der Waals surface area contributed by atoms with Crippen molar-refractivity contribution in [1.29, 1.82) is 0 Å². The fraction of sp³-hybridized carbons (Fsp3) is 0.556. The van der Waals surface area contributed by atoms with Crippen molar-refractivity contribution < 1.29 is 23.8 Å². The third-order valence-electron chi connectivity index (χ3n) is 5.18. The second-order valence-electron chi connectivity index (χ2n) is 6.84. The van der Waals surface area contributed by atoms with Crippen molar-refractivity contribution in [2.24, 2.45) is 17.8 Å². The van der Waals surface area contributed by atoms with Gasteiger partial charge in [-0.2, -0.15) is 0 Å². The van der Waals surface area contributed by atoms with Gasteiger partial charge in [-0.1, -0.05) is 6.42 Å². The zero-order valence-corrected chi connectivity index (χ0v) is 13.4. The Morgan fingerprint density at radius 2 is 2.00 bits per heavy atom. The predicted molar refractivity (Wildman–Crippen MR) is 85.0 cm³/mol. The topological polar surface area (TPSA) is 75.6 Å². The Kier molecular flexibility index (Phi) is 5.02. The Morgan fingerprint density at radius 1 is 1.25 bits per heavy atom. The molecule has 4 unspecified atom stereocenters. The molecule has 130 valence electrons. The van der Waals surface area contributed by atoms with Crippen molar-refractivity contribution in [3.05, 3.63) is 30.1 Å². The summed E-state index contributed by atoms with van der Waals surface area (Å²) in [5, 5.41) is 11.9. The lowest BCUT2D eigenvalue weighted by molar-refractivity contribution is -0.145. The van der Waals surface area contributed by atoms with Crippen LogP contribution in [0, 0.1) is 23.6 Å². The number of rotatable bonds is 7. The smallest absolute Gasteiger partial charge is 0.346 e. The Balaban J connectivity index is 1.47. The summed E-state index contributed by atoms with van der Waals surface area (Å²) in [6, 6.07) is 5.12. The average Bonchev–Trinajstić information content (AvgIpc) is 3.15. The van der Waals surface area contributed by atoms with E-state index < -0.39 is 17.9 Å². The lowest BCUT2D eigenvalue weighted by Gasteiger charge is -2.21. The second kappa shape index (κ2) is 7.20. The molecule has 3 rings (SSSR count). The van der Waals surface area contributed by atoms with Gasteiger partial charge in [-0.3, -0.25) is 4.79 Å². The minimum atomic E-state index is -1.19. The van der Waals surface area contributed by atoms with E-state index >= 15 is 0 Å². The Labute approximate surface area is 140 Å². The van der Waals surface area contributed by atoms with Gasteiger partial charge in [0.2, 0.25) is 12.0 Å². The summed E-state index contributed by atoms with van der Waals surface area (Å²) in [6.07, 6.45) is 4.13. The number of amides is 1. The van der Waals surface area contributed by atoms with E-state index in [0.29, 0.717) is 18.3 Å². The normalized spacial score (nSPS) is 26.1. The third kappa shape index (κ3) is 4.04. The highest BCUT2D eigenvalue weighted by Gasteiger charge is 2.40. The minimum absolute atomic E-state index is 0.105. The molecule has 2 saturated carbocycles. The maximum absolute atomic E-state index is 12.9. The summed E-state index contributed by atoms with van der Waals surface area (Å²) in [5.74, 6) is 0.415.